The van der Waals surface area contributed by atoms with E-state index >= 15 is 0 Å². The average molecular weight is 359 g/mol. The molecule has 140 valence electrons. The largest absolute Gasteiger partial charge is 0.493 e. The molecule has 2 heterocycles. The van der Waals surface area contributed by atoms with Gasteiger partial charge in [-0.15, -0.1) is 0 Å². The van der Waals surface area contributed by atoms with E-state index in [4.69, 9.17) is 9.84 Å². The summed E-state index contributed by atoms with van der Waals surface area (Å²) in [7, 11) is 0. The second-order valence-electron chi connectivity index (χ2n) is 6.55. The van der Waals surface area contributed by atoms with Crippen LogP contribution in [0.5, 0.6) is 5.75 Å². The number of aliphatic carboxylic acids is 1. The lowest BCUT2D eigenvalue weighted by atomic mass is 10.00. The van der Waals surface area contributed by atoms with Gasteiger partial charge >= 0.3 is 5.97 Å². The van der Waals surface area contributed by atoms with Crippen LogP contribution < -0.4 is 10.2 Å². The molecule has 0 bridgehead atoms. The first-order valence-electron chi connectivity index (χ1n) is 9.07. The van der Waals surface area contributed by atoms with E-state index in [1.165, 1.54) is 4.90 Å². The number of carbonyl (C=O) groups is 2. The number of hydrazine groups is 1. The molecule has 26 heavy (non-hydrogen) atoms. The van der Waals surface area contributed by atoms with Crippen molar-refractivity contribution in [2.45, 2.75) is 44.7 Å². The summed E-state index contributed by atoms with van der Waals surface area (Å²) >= 11 is 0. The predicted octanol–water partition coefficient (Wildman–Crippen LogP) is 2.27. The van der Waals surface area contributed by atoms with Gasteiger partial charge in [0, 0.05) is 24.5 Å². The molecule has 2 aliphatic rings. The Bertz CT molecular complexity index is 691. The molecule has 0 aromatic heterocycles. The van der Waals surface area contributed by atoms with E-state index in [0.717, 1.165) is 24.2 Å². The SMILES string of the molecule is CCCCOc1ccccc1C1CC2C(=O)N(CCC(=O)O)C=CN2N1. The number of para-hydroxylation sites is 1. The highest BCUT2D eigenvalue weighted by molar-refractivity contribution is 5.84. The highest BCUT2D eigenvalue weighted by atomic mass is 16.5. The zero-order valence-corrected chi connectivity index (χ0v) is 14.9. The van der Waals surface area contributed by atoms with Crippen molar-refractivity contribution in [2.75, 3.05) is 13.2 Å². The van der Waals surface area contributed by atoms with E-state index in [1.54, 1.807) is 12.4 Å². The molecular formula is C19H25N3O4. The van der Waals surface area contributed by atoms with Crippen molar-refractivity contribution in [1.82, 2.24) is 15.3 Å². The molecule has 7 heteroatoms. The number of amides is 1. The van der Waals surface area contributed by atoms with Crippen molar-refractivity contribution in [1.29, 1.82) is 0 Å². The molecule has 1 aromatic carbocycles. The number of hydrogen-bond donors (Lipinski definition) is 2. The Morgan fingerprint density at radius 1 is 1.35 bits per heavy atom. The summed E-state index contributed by atoms with van der Waals surface area (Å²) in [6.07, 6.45) is 6.07. The van der Waals surface area contributed by atoms with Gasteiger partial charge in [0.1, 0.15) is 11.8 Å². The molecular weight excluding hydrogens is 334 g/mol. The molecule has 2 N–H and O–H groups in total. The third-order valence-electron chi connectivity index (χ3n) is 4.69. The van der Waals surface area contributed by atoms with Gasteiger partial charge in [0.15, 0.2) is 0 Å². The molecule has 0 aliphatic carbocycles. The molecule has 1 fully saturated rings. The number of carboxylic acids is 1. The fraction of sp³-hybridized carbons (Fsp3) is 0.474. The van der Waals surface area contributed by atoms with Crippen LogP contribution in [0.25, 0.3) is 0 Å². The van der Waals surface area contributed by atoms with Crippen LogP contribution in [0.15, 0.2) is 36.7 Å². The molecule has 0 radical (unpaired) electrons. The third kappa shape index (κ3) is 3.99. The van der Waals surface area contributed by atoms with E-state index in [0.29, 0.717) is 13.0 Å². The van der Waals surface area contributed by atoms with Crippen LogP contribution in [0.2, 0.25) is 0 Å². The second-order valence-corrected chi connectivity index (χ2v) is 6.55. The number of hydrogen-bond acceptors (Lipinski definition) is 5. The summed E-state index contributed by atoms with van der Waals surface area (Å²) in [5.41, 5.74) is 4.40. The first-order chi connectivity index (χ1) is 12.6. The summed E-state index contributed by atoms with van der Waals surface area (Å²) < 4.78 is 5.92. The highest BCUT2D eigenvalue weighted by Gasteiger charge is 2.40. The number of ether oxygens (including phenoxy) is 1. The van der Waals surface area contributed by atoms with E-state index < -0.39 is 5.97 Å². The van der Waals surface area contributed by atoms with Gasteiger partial charge in [-0.2, -0.15) is 0 Å². The van der Waals surface area contributed by atoms with Crippen LogP contribution in [0, 0.1) is 0 Å². The van der Waals surface area contributed by atoms with Gasteiger partial charge in [-0.3, -0.25) is 9.59 Å². The second kappa shape index (κ2) is 8.23. The molecule has 1 aromatic rings. The summed E-state index contributed by atoms with van der Waals surface area (Å²) in [5.74, 6) is -0.139. The van der Waals surface area contributed by atoms with Crippen LogP contribution in [0.4, 0.5) is 0 Å². The van der Waals surface area contributed by atoms with E-state index in [1.807, 2.05) is 29.3 Å². The topological polar surface area (TPSA) is 82.1 Å². The standard InChI is InChI=1S/C19H25N3O4/c1-2-3-12-26-17-7-5-4-6-14(17)15-13-16-19(25)21(9-8-18(23)24)10-11-22(16)20-15/h4-7,10-11,15-16,20H,2-3,8-9,12-13H2,1H3,(H,23,24). The van der Waals surface area contributed by atoms with Gasteiger partial charge in [0.2, 0.25) is 0 Å². The third-order valence-corrected chi connectivity index (χ3v) is 4.69. The highest BCUT2D eigenvalue weighted by Crippen LogP contribution is 2.35. The van der Waals surface area contributed by atoms with Gasteiger partial charge in [0.25, 0.3) is 5.91 Å². The Kier molecular flexibility index (Phi) is 5.78. The molecule has 7 nitrogen and oxygen atoms in total. The molecule has 1 amide bonds. The normalized spacial score (nSPS) is 21.8. The van der Waals surface area contributed by atoms with E-state index in [-0.39, 0.29) is 31.0 Å². The minimum atomic E-state index is -0.908. The Hall–Kier alpha value is -2.54. The maximum atomic E-state index is 12.7. The summed E-state index contributed by atoms with van der Waals surface area (Å²) in [5, 5.41) is 10.6. The van der Waals surface area contributed by atoms with Crippen LogP contribution in [0.3, 0.4) is 0 Å². The summed E-state index contributed by atoms with van der Waals surface area (Å²) in [4.78, 5) is 24.9. The Labute approximate surface area is 153 Å². The van der Waals surface area contributed by atoms with Crippen molar-refractivity contribution in [2.24, 2.45) is 0 Å². The zero-order chi connectivity index (χ0) is 18.5. The molecule has 0 spiro atoms. The Morgan fingerprint density at radius 3 is 2.92 bits per heavy atom. The lowest BCUT2D eigenvalue weighted by molar-refractivity contribution is -0.139. The molecule has 2 unspecified atom stereocenters. The molecule has 1 saturated heterocycles. The summed E-state index contributed by atoms with van der Waals surface area (Å²) in [6, 6.07) is 7.55. The fourth-order valence-electron chi connectivity index (χ4n) is 3.27. The molecule has 2 aliphatic heterocycles. The summed E-state index contributed by atoms with van der Waals surface area (Å²) in [6.45, 7) is 2.99. The number of carboxylic acid groups (broad SMARTS) is 1. The van der Waals surface area contributed by atoms with Gasteiger partial charge in [-0.25, -0.2) is 5.43 Å². The minimum Gasteiger partial charge on any atom is -0.493 e. The number of benzene rings is 1. The Balaban J connectivity index is 1.69. The predicted molar refractivity (Wildman–Crippen MR) is 96.1 cm³/mol. The zero-order valence-electron chi connectivity index (χ0n) is 14.9. The maximum absolute atomic E-state index is 12.7. The van der Waals surface area contributed by atoms with Crippen molar-refractivity contribution in [3.63, 3.8) is 0 Å². The van der Waals surface area contributed by atoms with Crippen molar-refractivity contribution < 1.29 is 19.4 Å². The fourth-order valence-corrected chi connectivity index (χ4v) is 3.27. The number of nitrogens with zero attached hydrogens (tertiary/aromatic N) is 2. The van der Waals surface area contributed by atoms with Gasteiger partial charge in [-0.1, -0.05) is 31.5 Å². The number of unbranched alkanes of at least 4 members (excludes halogenated alkanes) is 1. The number of fused-ring (bicyclic) bond motifs is 1. The maximum Gasteiger partial charge on any atom is 0.305 e. The smallest absolute Gasteiger partial charge is 0.305 e. The van der Waals surface area contributed by atoms with Crippen LogP contribution in [0.1, 0.15) is 44.2 Å². The molecule has 2 atom stereocenters. The van der Waals surface area contributed by atoms with Crippen LogP contribution in [-0.2, 0) is 9.59 Å². The minimum absolute atomic E-state index is 0.0224. The van der Waals surface area contributed by atoms with Crippen molar-refractivity contribution >= 4 is 11.9 Å². The molecule has 3 rings (SSSR count). The monoisotopic (exact) mass is 359 g/mol. The van der Waals surface area contributed by atoms with Crippen molar-refractivity contribution in [3.05, 3.63) is 42.2 Å². The quantitative estimate of drug-likeness (QED) is 0.693. The first-order valence-corrected chi connectivity index (χ1v) is 9.07. The average Bonchev–Trinajstić information content (AvgIpc) is 3.07. The van der Waals surface area contributed by atoms with Gasteiger partial charge in [-0.05, 0) is 18.9 Å². The molecule has 0 saturated carbocycles. The number of carbonyl (C=O) groups excluding carboxylic acids is 1. The van der Waals surface area contributed by atoms with Crippen LogP contribution >= 0.6 is 0 Å². The van der Waals surface area contributed by atoms with Gasteiger partial charge < -0.3 is 19.8 Å². The number of rotatable bonds is 8. The Morgan fingerprint density at radius 2 is 2.15 bits per heavy atom. The van der Waals surface area contributed by atoms with Crippen LogP contribution in [-0.4, -0.2) is 46.1 Å². The first kappa shape index (κ1) is 18.3. The number of nitrogens with one attached hydrogen (secondary N) is 1. The lowest BCUT2D eigenvalue weighted by Gasteiger charge is -2.31. The van der Waals surface area contributed by atoms with Gasteiger partial charge in [0.05, 0.1) is 19.1 Å². The van der Waals surface area contributed by atoms with Crippen molar-refractivity contribution in [3.8, 4) is 5.75 Å². The van der Waals surface area contributed by atoms with E-state index in [2.05, 4.69) is 12.3 Å². The van der Waals surface area contributed by atoms with E-state index in [9.17, 15) is 9.59 Å². The lowest BCUT2D eigenvalue weighted by Crippen LogP contribution is -2.48.